The maximum Gasteiger partial charge on any atom is 0.267 e. The van der Waals surface area contributed by atoms with E-state index in [1.807, 2.05) is 0 Å². The van der Waals surface area contributed by atoms with Gasteiger partial charge in [-0.3, -0.25) is 4.79 Å². The second-order valence-electron chi connectivity index (χ2n) is 4.94. The molecule has 0 saturated carbocycles. The van der Waals surface area contributed by atoms with Crippen molar-refractivity contribution in [2.24, 2.45) is 0 Å². The SMILES string of the molecule is Cc1nnsc1C(=O)N1CCN(S(=O)(=O)c2ccc(Br)s2)CC1. The Labute approximate surface area is 150 Å². The monoisotopic (exact) mass is 436 g/mol. The van der Waals surface area contributed by atoms with Crippen molar-refractivity contribution < 1.29 is 13.2 Å². The number of piperazine rings is 1. The number of halogens is 1. The third-order valence-corrected chi connectivity index (χ3v) is 8.32. The van der Waals surface area contributed by atoms with Gasteiger partial charge in [-0.15, -0.1) is 16.4 Å². The molecule has 3 rings (SSSR count). The van der Waals surface area contributed by atoms with Crippen LogP contribution in [0.25, 0.3) is 0 Å². The first-order valence-corrected chi connectivity index (χ1v) is 10.6. The second-order valence-corrected chi connectivity index (χ2v) is 10.3. The lowest BCUT2D eigenvalue weighted by Gasteiger charge is -2.33. The van der Waals surface area contributed by atoms with Crippen molar-refractivity contribution in [1.82, 2.24) is 18.8 Å². The second kappa shape index (κ2) is 6.55. The third kappa shape index (κ3) is 3.33. The van der Waals surface area contributed by atoms with Crippen LogP contribution >= 0.6 is 38.8 Å². The number of hydrogen-bond donors (Lipinski definition) is 0. The van der Waals surface area contributed by atoms with Crippen LogP contribution in [0.15, 0.2) is 20.1 Å². The van der Waals surface area contributed by atoms with E-state index in [0.29, 0.717) is 27.9 Å². The molecule has 124 valence electrons. The van der Waals surface area contributed by atoms with Crippen LogP contribution in [0, 0.1) is 6.92 Å². The van der Waals surface area contributed by atoms with E-state index in [-0.39, 0.29) is 19.0 Å². The summed E-state index contributed by atoms with van der Waals surface area (Å²) in [5.74, 6) is -0.131. The molecule has 0 unspecified atom stereocenters. The number of rotatable bonds is 3. The number of thiophene rings is 1. The van der Waals surface area contributed by atoms with Gasteiger partial charge >= 0.3 is 0 Å². The van der Waals surface area contributed by atoms with Crippen LogP contribution in [0.3, 0.4) is 0 Å². The van der Waals surface area contributed by atoms with Gasteiger partial charge in [-0.2, -0.15) is 4.31 Å². The number of carbonyl (C=O) groups is 1. The molecule has 0 atom stereocenters. The van der Waals surface area contributed by atoms with Crippen LogP contribution in [0.5, 0.6) is 0 Å². The van der Waals surface area contributed by atoms with E-state index >= 15 is 0 Å². The highest BCUT2D eigenvalue weighted by Crippen LogP contribution is 2.29. The number of sulfonamides is 1. The Bertz CT molecular complexity index is 824. The molecule has 2 aromatic heterocycles. The molecule has 7 nitrogen and oxygen atoms in total. The summed E-state index contributed by atoms with van der Waals surface area (Å²) in [5.41, 5.74) is 0.610. The quantitative estimate of drug-likeness (QED) is 0.732. The number of aromatic nitrogens is 2. The minimum absolute atomic E-state index is 0.131. The molecule has 0 spiro atoms. The summed E-state index contributed by atoms with van der Waals surface area (Å²) in [7, 11) is -3.49. The fourth-order valence-corrected chi connectivity index (χ4v) is 6.48. The highest BCUT2D eigenvalue weighted by molar-refractivity contribution is 9.11. The fraction of sp³-hybridized carbons (Fsp3) is 0.417. The van der Waals surface area contributed by atoms with Crippen LogP contribution < -0.4 is 0 Å². The number of aryl methyl sites for hydroxylation is 1. The summed E-state index contributed by atoms with van der Waals surface area (Å²) in [6.45, 7) is 3.04. The van der Waals surface area contributed by atoms with Crippen LogP contribution in [0.2, 0.25) is 0 Å². The Kier molecular flexibility index (Phi) is 4.83. The van der Waals surface area contributed by atoms with Crippen molar-refractivity contribution in [1.29, 1.82) is 0 Å². The minimum Gasteiger partial charge on any atom is -0.335 e. The van der Waals surface area contributed by atoms with E-state index in [1.54, 1.807) is 24.0 Å². The third-order valence-electron chi connectivity index (χ3n) is 3.51. The number of carbonyl (C=O) groups excluding carboxylic acids is 1. The lowest BCUT2D eigenvalue weighted by atomic mass is 10.3. The van der Waals surface area contributed by atoms with Crippen molar-refractivity contribution in [3.05, 3.63) is 26.5 Å². The van der Waals surface area contributed by atoms with Gasteiger partial charge in [0, 0.05) is 26.2 Å². The first-order chi connectivity index (χ1) is 10.9. The summed E-state index contributed by atoms with van der Waals surface area (Å²) in [6.07, 6.45) is 0. The molecule has 3 heterocycles. The summed E-state index contributed by atoms with van der Waals surface area (Å²) in [5, 5.41) is 3.84. The molecule has 11 heteroatoms. The van der Waals surface area contributed by atoms with Crippen molar-refractivity contribution in [2.75, 3.05) is 26.2 Å². The highest BCUT2D eigenvalue weighted by atomic mass is 79.9. The van der Waals surface area contributed by atoms with E-state index in [2.05, 4.69) is 25.5 Å². The predicted molar refractivity (Wildman–Crippen MR) is 91.3 cm³/mol. The molecule has 2 aromatic rings. The number of hydrogen-bond acceptors (Lipinski definition) is 7. The Morgan fingerprint density at radius 1 is 1.26 bits per heavy atom. The molecule has 0 radical (unpaired) electrons. The lowest BCUT2D eigenvalue weighted by molar-refractivity contribution is 0.0702. The van der Waals surface area contributed by atoms with E-state index in [1.165, 1.54) is 15.6 Å². The van der Waals surface area contributed by atoms with E-state index in [0.717, 1.165) is 15.3 Å². The predicted octanol–water partition coefficient (Wildman–Crippen LogP) is 1.82. The Hall–Kier alpha value is -0.880. The Balaban J connectivity index is 1.69. The average molecular weight is 437 g/mol. The maximum atomic E-state index is 12.6. The molecule has 1 fully saturated rings. The average Bonchev–Trinajstić information content (AvgIpc) is 3.15. The van der Waals surface area contributed by atoms with Gasteiger partial charge in [-0.1, -0.05) is 4.49 Å². The summed E-state index contributed by atoms with van der Waals surface area (Å²) < 4.78 is 31.4. The first kappa shape index (κ1) is 17.0. The molecule has 0 bridgehead atoms. The normalized spacial score (nSPS) is 16.7. The van der Waals surface area contributed by atoms with Gasteiger partial charge in [0.1, 0.15) is 9.09 Å². The van der Waals surface area contributed by atoms with Gasteiger partial charge in [0.15, 0.2) is 0 Å². The number of nitrogens with zero attached hydrogens (tertiary/aromatic N) is 4. The smallest absolute Gasteiger partial charge is 0.267 e. The first-order valence-electron chi connectivity index (χ1n) is 6.73. The molecule has 23 heavy (non-hydrogen) atoms. The Morgan fingerprint density at radius 3 is 2.48 bits per heavy atom. The zero-order valence-corrected chi connectivity index (χ0v) is 16.1. The summed E-state index contributed by atoms with van der Waals surface area (Å²) in [6, 6.07) is 3.31. The molecule has 1 aliphatic heterocycles. The Morgan fingerprint density at radius 2 is 1.96 bits per heavy atom. The van der Waals surface area contributed by atoms with E-state index < -0.39 is 10.0 Å². The minimum atomic E-state index is -3.49. The number of amides is 1. The largest absolute Gasteiger partial charge is 0.335 e. The van der Waals surface area contributed by atoms with Crippen LogP contribution in [0.1, 0.15) is 15.4 Å². The van der Waals surface area contributed by atoms with E-state index in [9.17, 15) is 13.2 Å². The molecule has 1 amide bonds. The zero-order valence-electron chi connectivity index (χ0n) is 12.1. The zero-order chi connectivity index (χ0) is 16.6. The van der Waals surface area contributed by atoms with Crippen LogP contribution in [-0.4, -0.2) is 59.3 Å². The van der Waals surface area contributed by atoms with Gasteiger partial charge in [0.2, 0.25) is 0 Å². The molecule has 0 aromatic carbocycles. The van der Waals surface area contributed by atoms with Gasteiger partial charge < -0.3 is 4.90 Å². The highest BCUT2D eigenvalue weighted by Gasteiger charge is 2.32. The summed E-state index contributed by atoms with van der Waals surface area (Å²) >= 11 is 5.53. The molecule has 0 N–H and O–H groups in total. The molecule has 1 aliphatic rings. The lowest BCUT2D eigenvalue weighted by Crippen LogP contribution is -2.50. The molecule has 0 aliphatic carbocycles. The van der Waals surface area contributed by atoms with Crippen molar-refractivity contribution in [3.8, 4) is 0 Å². The fourth-order valence-electron chi connectivity index (χ4n) is 2.27. The summed E-state index contributed by atoms with van der Waals surface area (Å²) in [4.78, 5) is 14.6. The molecular weight excluding hydrogens is 424 g/mol. The van der Waals surface area contributed by atoms with Crippen LogP contribution in [0.4, 0.5) is 0 Å². The van der Waals surface area contributed by atoms with Crippen molar-refractivity contribution in [2.45, 2.75) is 11.1 Å². The van der Waals surface area contributed by atoms with Crippen molar-refractivity contribution >= 4 is 54.7 Å². The van der Waals surface area contributed by atoms with E-state index in [4.69, 9.17) is 0 Å². The topological polar surface area (TPSA) is 83.5 Å². The van der Waals surface area contributed by atoms with Crippen LogP contribution in [-0.2, 0) is 10.0 Å². The van der Waals surface area contributed by atoms with Gasteiger partial charge in [-0.25, -0.2) is 8.42 Å². The van der Waals surface area contributed by atoms with Gasteiger partial charge in [-0.05, 0) is 46.5 Å². The van der Waals surface area contributed by atoms with Gasteiger partial charge in [0.25, 0.3) is 15.9 Å². The maximum absolute atomic E-state index is 12.6. The van der Waals surface area contributed by atoms with Gasteiger partial charge in [0.05, 0.1) is 9.48 Å². The van der Waals surface area contributed by atoms with Crippen molar-refractivity contribution in [3.63, 3.8) is 0 Å². The molecule has 1 saturated heterocycles. The standard InChI is InChI=1S/C12H13BrN4O3S3/c1-8-11(22-15-14-8)12(18)16-4-6-17(7-5-16)23(19,20)10-3-2-9(13)21-10/h2-3H,4-7H2,1H3. The molecular formula is C12H13BrN4O3S3.